The van der Waals surface area contributed by atoms with Crippen molar-refractivity contribution in [3.8, 4) is 5.75 Å². The highest BCUT2D eigenvalue weighted by atomic mass is 31.2. The van der Waals surface area contributed by atoms with E-state index < -0.39 is 47.9 Å². The summed E-state index contributed by atoms with van der Waals surface area (Å²) in [7, 11) is -1.50. The molecule has 1 amide bonds. The SMILES string of the molecule is COc1c2n(cc(C(=O)NCc3ccc(F)cc3F)c1=O)CC(OC)C(C)(CCOCCCP(=O)(O)O)C2=O. The number of benzene rings is 1. The number of nitrogens with one attached hydrogen (secondary N) is 1. The molecule has 2 atom stereocenters. The van der Waals surface area contributed by atoms with Gasteiger partial charge in [-0.25, -0.2) is 8.78 Å². The summed E-state index contributed by atoms with van der Waals surface area (Å²) in [6, 6.07) is 2.90. The Hall–Kier alpha value is -2.96. The number of ketones is 1. The highest BCUT2D eigenvalue weighted by Crippen LogP contribution is 2.39. The van der Waals surface area contributed by atoms with Crippen LogP contribution in [0.4, 0.5) is 8.78 Å². The summed E-state index contributed by atoms with van der Waals surface area (Å²) >= 11 is 0. The molecule has 0 fully saturated rings. The average Bonchev–Trinajstić information content (AvgIpc) is 2.87. The maximum absolute atomic E-state index is 14.0. The molecule has 0 saturated heterocycles. The van der Waals surface area contributed by atoms with Gasteiger partial charge in [0.15, 0.2) is 11.5 Å². The van der Waals surface area contributed by atoms with E-state index in [1.807, 2.05) is 0 Å². The standard InChI is InChI=1S/C25H31F2N2O9P/c1-25(7-9-38-8-4-10-39(33,34)35)19(36-2)14-29-13-17(21(30)22(37-3)20(29)23(25)31)24(32)28-12-15-5-6-16(26)11-18(15)27/h5-6,11,13,19H,4,7-10,12,14H2,1-3H3,(H,28,32)(H2,33,34,35). The predicted octanol–water partition coefficient (Wildman–Crippen LogP) is 2.26. The quantitative estimate of drug-likeness (QED) is 0.257. The van der Waals surface area contributed by atoms with Gasteiger partial charge in [0, 0.05) is 44.7 Å². The molecule has 2 aromatic rings. The van der Waals surface area contributed by atoms with E-state index in [0.29, 0.717) is 6.07 Å². The number of aromatic nitrogens is 1. The Kier molecular flexibility index (Phi) is 9.78. The largest absolute Gasteiger partial charge is 0.491 e. The summed E-state index contributed by atoms with van der Waals surface area (Å²) in [5.74, 6) is -3.25. The fourth-order valence-corrected chi connectivity index (χ4v) is 5.01. The van der Waals surface area contributed by atoms with Gasteiger partial charge < -0.3 is 33.9 Å². The second-order valence-corrected chi connectivity index (χ2v) is 11.2. The van der Waals surface area contributed by atoms with E-state index in [9.17, 15) is 27.7 Å². The van der Waals surface area contributed by atoms with Gasteiger partial charge in [-0.1, -0.05) is 6.07 Å². The van der Waals surface area contributed by atoms with Gasteiger partial charge in [0.1, 0.15) is 22.9 Å². The fraction of sp³-hybridized carbons (Fsp3) is 0.480. The van der Waals surface area contributed by atoms with E-state index in [-0.39, 0.29) is 67.9 Å². The molecule has 1 aliphatic rings. The topological polar surface area (TPSA) is 153 Å². The van der Waals surface area contributed by atoms with Crippen LogP contribution >= 0.6 is 7.60 Å². The molecule has 0 saturated carbocycles. The smallest absolute Gasteiger partial charge is 0.325 e. The molecule has 3 rings (SSSR count). The van der Waals surface area contributed by atoms with Crippen LogP contribution in [0.3, 0.4) is 0 Å². The van der Waals surface area contributed by atoms with Gasteiger partial charge in [0.25, 0.3) is 5.91 Å². The number of fused-ring (bicyclic) bond motifs is 1. The highest BCUT2D eigenvalue weighted by molar-refractivity contribution is 7.51. The van der Waals surface area contributed by atoms with Crippen LogP contribution in [0.1, 0.15) is 46.2 Å². The molecule has 0 aliphatic carbocycles. The number of nitrogens with zero attached hydrogens (tertiary/aromatic N) is 1. The number of carbonyl (C=O) groups excluding carboxylic acids is 2. The van der Waals surface area contributed by atoms with Crippen LogP contribution in [-0.4, -0.2) is 65.7 Å². The summed E-state index contributed by atoms with van der Waals surface area (Å²) < 4.78 is 55.8. The first-order valence-electron chi connectivity index (χ1n) is 12.1. The molecule has 2 unspecified atom stereocenters. The number of rotatable bonds is 12. The van der Waals surface area contributed by atoms with E-state index in [2.05, 4.69) is 5.32 Å². The number of pyridine rings is 1. The van der Waals surface area contributed by atoms with E-state index in [0.717, 1.165) is 6.07 Å². The maximum Gasteiger partial charge on any atom is 0.325 e. The second-order valence-electron chi connectivity index (χ2n) is 9.40. The van der Waals surface area contributed by atoms with Crippen molar-refractivity contribution in [2.45, 2.75) is 39.0 Å². The minimum atomic E-state index is -4.12. The Labute approximate surface area is 223 Å². The van der Waals surface area contributed by atoms with Crippen molar-refractivity contribution >= 4 is 19.3 Å². The number of halogens is 2. The first kappa shape index (κ1) is 30.6. The number of ether oxygens (including phenoxy) is 3. The van der Waals surface area contributed by atoms with Crippen molar-refractivity contribution in [1.29, 1.82) is 0 Å². The number of carbonyl (C=O) groups is 2. The summed E-state index contributed by atoms with van der Waals surface area (Å²) in [5.41, 5.74) is -2.33. The Morgan fingerprint density at radius 1 is 1.23 bits per heavy atom. The van der Waals surface area contributed by atoms with Crippen LogP contribution in [0.25, 0.3) is 0 Å². The third kappa shape index (κ3) is 6.98. The molecule has 39 heavy (non-hydrogen) atoms. The molecule has 3 N–H and O–H groups in total. The summed E-state index contributed by atoms with van der Waals surface area (Å²) in [6.45, 7) is 1.63. The zero-order valence-corrected chi connectivity index (χ0v) is 22.6. The van der Waals surface area contributed by atoms with E-state index in [1.54, 1.807) is 6.92 Å². The minimum absolute atomic E-state index is 0.0177. The molecular weight excluding hydrogens is 541 g/mol. The van der Waals surface area contributed by atoms with Crippen molar-refractivity contribution in [3.63, 3.8) is 0 Å². The molecule has 14 heteroatoms. The maximum atomic E-state index is 14.0. The zero-order chi connectivity index (χ0) is 29.0. The molecule has 0 spiro atoms. The third-order valence-corrected chi connectivity index (χ3v) is 7.64. The minimum Gasteiger partial charge on any atom is -0.491 e. The number of amides is 1. The third-order valence-electron chi connectivity index (χ3n) is 6.74. The van der Waals surface area contributed by atoms with Gasteiger partial charge in [-0.2, -0.15) is 0 Å². The van der Waals surface area contributed by atoms with Gasteiger partial charge in [-0.05, 0) is 25.8 Å². The Morgan fingerprint density at radius 2 is 1.95 bits per heavy atom. The summed E-state index contributed by atoms with van der Waals surface area (Å²) in [6.07, 6.45) is 0.564. The zero-order valence-electron chi connectivity index (χ0n) is 21.7. The van der Waals surface area contributed by atoms with Crippen molar-refractivity contribution in [3.05, 3.63) is 63.1 Å². The van der Waals surface area contributed by atoms with Crippen LogP contribution in [0.2, 0.25) is 0 Å². The molecular formula is C25H31F2N2O9P. The normalized spacial score (nSPS) is 19.1. The van der Waals surface area contributed by atoms with Gasteiger partial charge in [0.2, 0.25) is 5.43 Å². The lowest BCUT2D eigenvalue weighted by Crippen LogP contribution is -2.50. The summed E-state index contributed by atoms with van der Waals surface area (Å²) in [5, 5.41) is 2.43. The summed E-state index contributed by atoms with van der Waals surface area (Å²) in [4.78, 5) is 57.6. The number of methoxy groups -OCH3 is 2. The Bertz CT molecular complexity index is 1340. The second kappa shape index (κ2) is 12.5. The molecule has 214 valence electrons. The highest BCUT2D eigenvalue weighted by Gasteiger charge is 2.48. The first-order valence-corrected chi connectivity index (χ1v) is 13.9. The molecule has 11 nitrogen and oxygen atoms in total. The van der Waals surface area contributed by atoms with Crippen LogP contribution in [-0.2, 0) is 27.1 Å². The lowest BCUT2D eigenvalue weighted by atomic mass is 9.73. The van der Waals surface area contributed by atoms with Crippen LogP contribution in [0.15, 0.2) is 29.2 Å². The molecule has 1 aromatic carbocycles. The van der Waals surface area contributed by atoms with Gasteiger partial charge in [-0.15, -0.1) is 0 Å². The lowest BCUT2D eigenvalue weighted by Gasteiger charge is -2.41. The van der Waals surface area contributed by atoms with E-state index in [1.165, 1.54) is 31.0 Å². The molecule has 1 aromatic heterocycles. The monoisotopic (exact) mass is 572 g/mol. The molecule has 0 radical (unpaired) electrons. The van der Waals surface area contributed by atoms with Gasteiger partial charge in [-0.3, -0.25) is 18.9 Å². The molecule has 1 aliphatic heterocycles. The van der Waals surface area contributed by atoms with E-state index >= 15 is 0 Å². The Balaban J connectivity index is 1.82. The number of Topliss-reactive ketones (excluding diaryl/α,β-unsaturated/α-hetero) is 1. The lowest BCUT2D eigenvalue weighted by molar-refractivity contribution is -0.0292. The average molecular weight is 572 g/mol. The van der Waals surface area contributed by atoms with Gasteiger partial charge in [0.05, 0.1) is 31.3 Å². The van der Waals surface area contributed by atoms with Crippen molar-refractivity contribution in [1.82, 2.24) is 9.88 Å². The molecule has 2 heterocycles. The van der Waals surface area contributed by atoms with Crippen LogP contribution in [0.5, 0.6) is 5.75 Å². The molecule has 0 bridgehead atoms. The van der Waals surface area contributed by atoms with Crippen LogP contribution < -0.4 is 15.5 Å². The van der Waals surface area contributed by atoms with Crippen molar-refractivity contribution in [2.24, 2.45) is 5.41 Å². The van der Waals surface area contributed by atoms with Crippen molar-refractivity contribution in [2.75, 3.05) is 33.6 Å². The van der Waals surface area contributed by atoms with E-state index in [4.69, 9.17) is 24.0 Å². The predicted molar refractivity (Wildman–Crippen MR) is 135 cm³/mol. The Morgan fingerprint density at radius 3 is 2.56 bits per heavy atom. The van der Waals surface area contributed by atoms with Gasteiger partial charge >= 0.3 is 7.60 Å². The fourth-order valence-electron chi connectivity index (χ4n) is 4.47. The number of hydrogen-bond acceptors (Lipinski definition) is 7. The van der Waals surface area contributed by atoms with Crippen LogP contribution in [0, 0.1) is 17.0 Å². The first-order chi connectivity index (χ1) is 18.3. The van der Waals surface area contributed by atoms with Crippen molar-refractivity contribution < 1.29 is 46.9 Å². The number of hydrogen-bond donors (Lipinski definition) is 3.